The molecule has 1 aromatic rings. The van der Waals surface area contributed by atoms with Crippen LogP contribution in [0.4, 0.5) is 0 Å². The molecule has 0 saturated carbocycles. The molecule has 1 rings (SSSR count). The Labute approximate surface area is 91.8 Å². The SMILES string of the molecule is C=CCC(Cc1ccc(C)cc1)C(C)=O. The molecule has 0 radical (unpaired) electrons. The van der Waals surface area contributed by atoms with Crippen molar-refractivity contribution in [1.82, 2.24) is 0 Å². The van der Waals surface area contributed by atoms with Crippen LogP contribution >= 0.6 is 0 Å². The molecule has 0 aliphatic carbocycles. The molecule has 1 heteroatoms. The topological polar surface area (TPSA) is 17.1 Å². The number of rotatable bonds is 5. The van der Waals surface area contributed by atoms with Crippen molar-refractivity contribution in [3.8, 4) is 0 Å². The van der Waals surface area contributed by atoms with Gasteiger partial charge in [0.05, 0.1) is 0 Å². The Morgan fingerprint density at radius 3 is 2.47 bits per heavy atom. The van der Waals surface area contributed by atoms with Crippen LogP contribution in [0, 0.1) is 12.8 Å². The van der Waals surface area contributed by atoms with Crippen molar-refractivity contribution >= 4 is 5.78 Å². The van der Waals surface area contributed by atoms with Gasteiger partial charge in [-0.25, -0.2) is 0 Å². The Hall–Kier alpha value is -1.37. The highest BCUT2D eigenvalue weighted by Gasteiger charge is 2.12. The van der Waals surface area contributed by atoms with Gasteiger partial charge < -0.3 is 0 Å². The smallest absolute Gasteiger partial charge is 0.133 e. The first-order valence-corrected chi connectivity index (χ1v) is 5.30. The van der Waals surface area contributed by atoms with E-state index in [2.05, 4.69) is 37.8 Å². The third kappa shape index (κ3) is 3.70. The summed E-state index contributed by atoms with van der Waals surface area (Å²) in [6, 6.07) is 8.35. The van der Waals surface area contributed by atoms with Gasteiger partial charge in [0, 0.05) is 5.92 Å². The Bertz CT molecular complexity index is 335. The number of allylic oxidation sites excluding steroid dienone is 1. The summed E-state index contributed by atoms with van der Waals surface area (Å²) in [6.07, 6.45) is 3.41. The molecule has 80 valence electrons. The average molecular weight is 202 g/mol. The van der Waals surface area contributed by atoms with Crippen LogP contribution in [0.2, 0.25) is 0 Å². The molecule has 0 aromatic heterocycles. The molecule has 1 unspecified atom stereocenters. The van der Waals surface area contributed by atoms with Gasteiger partial charge in [-0.15, -0.1) is 6.58 Å². The molecule has 15 heavy (non-hydrogen) atoms. The minimum Gasteiger partial charge on any atom is -0.300 e. The van der Waals surface area contributed by atoms with Gasteiger partial charge in [-0.2, -0.15) is 0 Å². The minimum absolute atomic E-state index is 0.0882. The monoisotopic (exact) mass is 202 g/mol. The molecule has 1 aromatic carbocycles. The summed E-state index contributed by atoms with van der Waals surface area (Å²) in [5, 5.41) is 0. The first-order valence-electron chi connectivity index (χ1n) is 5.30. The number of hydrogen-bond acceptors (Lipinski definition) is 1. The zero-order valence-corrected chi connectivity index (χ0v) is 9.49. The lowest BCUT2D eigenvalue weighted by molar-refractivity contribution is -0.120. The van der Waals surface area contributed by atoms with Crippen LogP contribution in [0.3, 0.4) is 0 Å². The van der Waals surface area contributed by atoms with Gasteiger partial charge in [0.15, 0.2) is 0 Å². The quantitative estimate of drug-likeness (QED) is 0.669. The van der Waals surface area contributed by atoms with Gasteiger partial charge in [-0.1, -0.05) is 35.9 Å². The van der Waals surface area contributed by atoms with Crippen molar-refractivity contribution in [3.05, 3.63) is 48.0 Å². The maximum Gasteiger partial charge on any atom is 0.133 e. The average Bonchev–Trinajstić information content (AvgIpc) is 2.20. The largest absolute Gasteiger partial charge is 0.300 e. The maximum atomic E-state index is 11.4. The Morgan fingerprint density at radius 2 is 2.00 bits per heavy atom. The van der Waals surface area contributed by atoms with E-state index in [-0.39, 0.29) is 11.7 Å². The highest BCUT2D eigenvalue weighted by Crippen LogP contribution is 2.14. The second-order valence-corrected chi connectivity index (χ2v) is 4.02. The molecule has 0 fully saturated rings. The summed E-state index contributed by atoms with van der Waals surface area (Å²) in [5.41, 5.74) is 2.48. The Balaban J connectivity index is 2.69. The van der Waals surface area contributed by atoms with E-state index in [1.165, 1.54) is 11.1 Å². The predicted octanol–water partition coefficient (Wildman–Crippen LogP) is 3.32. The summed E-state index contributed by atoms with van der Waals surface area (Å²) in [5.74, 6) is 0.334. The van der Waals surface area contributed by atoms with Crippen LogP contribution in [0.1, 0.15) is 24.5 Å². The molecule has 0 heterocycles. The zero-order chi connectivity index (χ0) is 11.3. The van der Waals surface area contributed by atoms with Gasteiger partial charge in [-0.3, -0.25) is 4.79 Å². The lowest BCUT2D eigenvalue weighted by Crippen LogP contribution is -2.13. The summed E-state index contributed by atoms with van der Waals surface area (Å²) in [7, 11) is 0. The van der Waals surface area contributed by atoms with Crippen LogP contribution in [0.25, 0.3) is 0 Å². The van der Waals surface area contributed by atoms with E-state index in [9.17, 15) is 4.79 Å². The number of aryl methyl sites for hydroxylation is 1. The number of benzene rings is 1. The van der Waals surface area contributed by atoms with Crippen LogP contribution in [-0.2, 0) is 11.2 Å². The van der Waals surface area contributed by atoms with E-state index in [0.29, 0.717) is 0 Å². The molecule has 0 bridgehead atoms. The van der Waals surface area contributed by atoms with Gasteiger partial charge in [0.25, 0.3) is 0 Å². The maximum absolute atomic E-state index is 11.4. The number of hydrogen-bond donors (Lipinski definition) is 0. The van der Waals surface area contributed by atoms with Crippen molar-refractivity contribution < 1.29 is 4.79 Å². The van der Waals surface area contributed by atoms with E-state index in [1.54, 1.807) is 6.92 Å². The van der Waals surface area contributed by atoms with E-state index in [4.69, 9.17) is 0 Å². The molecule has 0 spiro atoms. The van der Waals surface area contributed by atoms with Gasteiger partial charge in [0.1, 0.15) is 5.78 Å². The third-order valence-corrected chi connectivity index (χ3v) is 2.63. The zero-order valence-electron chi connectivity index (χ0n) is 9.49. The molecule has 0 saturated heterocycles. The molecule has 1 nitrogen and oxygen atoms in total. The highest BCUT2D eigenvalue weighted by molar-refractivity contribution is 5.78. The van der Waals surface area contributed by atoms with Crippen LogP contribution in [0.5, 0.6) is 0 Å². The Kier molecular flexibility index (Phi) is 4.29. The number of carbonyl (C=O) groups is 1. The molecular formula is C14H18O. The lowest BCUT2D eigenvalue weighted by Gasteiger charge is -2.11. The molecule has 0 N–H and O–H groups in total. The first-order chi connectivity index (χ1) is 7.13. The van der Waals surface area contributed by atoms with Crippen molar-refractivity contribution in [2.24, 2.45) is 5.92 Å². The summed E-state index contributed by atoms with van der Waals surface area (Å²) >= 11 is 0. The fraction of sp³-hybridized carbons (Fsp3) is 0.357. The third-order valence-electron chi connectivity index (χ3n) is 2.63. The van der Waals surface area contributed by atoms with Gasteiger partial charge in [0.2, 0.25) is 0 Å². The van der Waals surface area contributed by atoms with E-state index < -0.39 is 0 Å². The lowest BCUT2D eigenvalue weighted by atomic mass is 9.93. The van der Waals surface area contributed by atoms with Crippen LogP contribution in [0.15, 0.2) is 36.9 Å². The molecular weight excluding hydrogens is 184 g/mol. The fourth-order valence-electron chi connectivity index (χ4n) is 1.60. The summed E-state index contributed by atoms with van der Waals surface area (Å²) in [4.78, 5) is 11.4. The Morgan fingerprint density at radius 1 is 1.40 bits per heavy atom. The first kappa shape index (κ1) is 11.7. The van der Waals surface area contributed by atoms with Crippen LogP contribution in [-0.4, -0.2) is 5.78 Å². The summed E-state index contributed by atoms with van der Waals surface area (Å²) < 4.78 is 0. The van der Waals surface area contributed by atoms with Crippen LogP contribution < -0.4 is 0 Å². The standard InChI is InChI=1S/C14H18O/c1-4-5-14(12(3)15)10-13-8-6-11(2)7-9-13/h4,6-9,14H,1,5,10H2,2-3H3. The second-order valence-electron chi connectivity index (χ2n) is 4.02. The van der Waals surface area contributed by atoms with E-state index >= 15 is 0 Å². The molecule has 0 amide bonds. The van der Waals surface area contributed by atoms with E-state index in [0.717, 1.165) is 12.8 Å². The van der Waals surface area contributed by atoms with Gasteiger partial charge in [-0.05, 0) is 32.3 Å². The highest BCUT2D eigenvalue weighted by atomic mass is 16.1. The van der Waals surface area contributed by atoms with Crippen molar-refractivity contribution in [3.63, 3.8) is 0 Å². The van der Waals surface area contributed by atoms with Crippen molar-refractivity contribution in [2.45, 2.75) is 26.7 Å². The normalized spacial score (nSPS) is 12.1. The summed E-state index contributed by atoms with van der Waals surface area (Å²) in [6.45, 7) is 7.41. The second kappa shape index (κ2) is 5.50. The fourth-order valence-corrected chi connectivity index (χ4v) is 1.60. The number of ketones is 1. The minimum atomic E-state index is 0.0882. The number of carbonyl (C=O) groups excluding carboxylic acids is 1. The van der Waals surface area contributed by atoms with Gasteiger partial charge >= 0.3 is 0 Å². The van der Waals surface area contributed by atoms with E-state index in [1.807, 2.05) is 6.08 Å². The molecule has 0 aliphatic rings. The number of Topliss-reactive ketones (excluding diaryl/α,β-unsaturated/α-hetero) is 1. The van der Waals surface area contributed by atoms with Crippen molar-refractivity contribution in [1.29, 1.82) is 0 Å². The predicted molar refractivity (Wildman–Crippen MR) is 63.9 cm³/mol. The molecule has 1 atom stereocenters. The molecule has 0 aliphatic heterocycles. The van der Waals surface area contributed by atoms with Crippen molar-refractivity contribution in [2.75, 3.05) is 0 Å².